The topological polar surface area (TPSA) is 66.3 Å². The van der Waals surface area contributed by atoms with Crippen LogP contribution in [0.2, 0.25) is 10.0 Å². The molecule has 0 saturated heterocycles. The van der Waals surface area contributed by atoms with E-state index in [2.05, 4.69) is 4.99 Å². The number of methoxy groups -OCH3 is 3. The van der Waals surface area contributed by atoms with Gasteiger partial charge in [0.1, 0.15) is 15.6 Å². The molecule has 1 aliphatic heterocycles. The zero-order valence-corrected chi connectivity index (χ0v) is 18.4. The lowest BCUT2D eigenvalue weighted by Gasteiger charge is -2.09. The molecule has 1 aromatic heterocycles. The zero-order chi connectivity index (χ0) is 21.4. The van der Waals surface area contributed by atoms with Crippen LogP contribution in [0.1, 0.15) is 10.4 Å². The molecule has 0 aliphatic carbocycles. The summed E-state index contributed by atoms with van der Waals surface area (Å²) in [5, 5.41) is 1.58. The molecule has 0 bridgehead atoms. The molecule has 0 saturated carbocycles. The van der Waals surface area contributed by atoms with Gasteiger partial charge in [-0.3, -0.25) is 0 Å². The molecule has 0 spiro atoms. The molecule has 30 heavy (non-hydrogen) atoms. The maximum absolute atomic E-state index is 12.4. The van der Waals surface area contributed by atoms with E-state index in [1.54, 1.807) is 43.5 Å². The lowest BCUT2D eigenvalue weighted by molar-refractivity contribution is -0.129. The largest absolute Gasteiger partial charge is 0.495 e. The molecule has 4 rings (SSSR count). The minimum Gasteiger partial charge on any atom is -0.495 e. The van der Waals surface area contributed by atoms with Gasteiger partial charge in [-0.1, -0.05) is 35.3 Å². The van der Waals surface area contributed by atoms with E-state index in [-0.39, 0.29) is 11.6 Å². The second kappa shape index (κ2) is 8.18. The molecule has 6 nitrogen and oxygen atoms in total. The van der Waals surface area contributed by atoms with Gasteiger partial charge in [-0.15, -0.1) is 11.3 Å². The molecule has 0 amide bonds. The van der Waals surface area contributed by atoms with Gasteiger partial charge in [0.05, 0.1) is 31.1 Å². The third-order valence-corrected chi connectivity index (χ3v) is 6.66. The van der Waals surface area contributed by atoms with Gasteiger partial charge in [0.2, 0.25) is 5.90 Å². The van der Waals surface area contributed by atoms with E-state index in [4.69, 9.17) is 42.1 Å². The van der Waals surface area contributed by atoms with E-state index >= 15 is 0 Å². The molecular formula is C21H15Cl2NO5S. The van der Waals surface area contributed by atoms with Crippen molar-refractivity contribution < 1.29 is 23.7 Å². The molecule has 9 heteroatoms. The van der Waals surface area contributed by atoms with Crippen LogP contribution in [0.5, 0.6) is 17.2 Å². The van der Waals surface area contributed by atoms with E-state index in [0.717, 1.165) is 10.1 Å². The molecule has 0 unspecified atom stereocenters. The smallest absolute Gasteiger partial charge is 0.363 e. The first-order chi connectivity index (χ1) is 14.5. The van der Waals surface area contributed by atoms with Crippen molar-refractivity contribution in [3.63, 3.8) is 0 Å². The third kappa shape index (κ3) is 3.39. The van der Waals surface area contributed by atoms with Crippen molar-refractivity contribution in [2.45, 2.75) is 0 Å². The van der Waals surface area contributed by atoms with Crippen LogP contribution in [0, 0.1) is 0 Å². The molecule has 2 aromatic carbocycles. The van der Waals surface area contributed by atoms with E-state index < -0.39 is 5.97 Å². The number of hydrogen-bond donors (Lipinski definition) is 0. The highest BCUT2D eigenvalue weighted by atomic mass is 35.5. The van der Waals surface area contributed by atoms with Gasteiger partial charge in [-0.05, 0) is 24.3 Å². The van der Waals surface area contributed by atoms with Gasteiger partial charge in [0.25, 0.3) is 0 Å². The highest BCUT2D eigenvalue weighted by Crippen LogP contribution is 2.44. The van der Waals surface area contributed by atoms with Crippen LogP contribution >= 0.6 is 34.5 Å². The SMILES string of the molecule is COc1cccc(/C=C2\N=C(c3sc4c(Cl)c(OC)ccc4c3Cl)OC2=O)c1OC. The van der Waals surface area contributed by atoms with Crippen LogP contribution in [-0.2, 0) is 9.53 Å². The molecule has 154 valence electrons. The number of para-hydroxylation sites is 1. The predicted molar refractivity (Wildman–Crippen MR) is 119 cm³/mol. The summed E-state index contributed by atoms with van der Waals surface area (Å²) >= 11 is 14.2. The Kier molecular flexibility index (Phi) is 5.60. The Morgan fingerprint density at radius 3 is 2.47 bits per heavy atom. The number of hydrogen-bond acceptors (Lipinski definition) is 7. The number of halogens is 2. The average molecular weight is 464 g/mol. The van der Waals surface area contributed by atoms with E-state index in [1.165, 1.54) is 25.6 Å². The monoisotopic (exact) mass is 463 g/mol. The van der Waals surface area contributed by atoms with Crippen molar-refractivity contribution in [3.05, 3.63) is 56.5 Å². The van der Waals surface area contributed by atoms with E-state index in [9.17, 15) is 4.79 Å². The molecule has 0 fully saturated rings. The van der Waals surface area contributed by atoms with E-state index in [1.807, 2.05) is 0 Å². The number of benzene rings is 2. The first-order valence-corrected chi connectivity index (χ1v) is 10.2. The predicted octanol–water partition coefficient (Wildman–Crippen LogP) is 5.58. The Balaban J connectivity index is 1.79. The van der Waals surface area contributed by atoms with Crippen molar-refractivity contribution >= 4 is 62.6 Å². The minimum atomic E-state index is -0.591. The Labute approximate surface area is 186 Å². The Hall–Kier alpha value is -2.74. The van der Waals surface area contributed by atoms with Crippen molar-refractivity contribution in [1.29, 1.82) is 0 Å². The van der Waals surface area contributed by atoms with Crippen LogP contribution in [0.25, 0.3) is 16.2 Å². The highest BCUT2D eigenvalue weighted by molar-refractivity contribution is 7.22. The van der Waals surface area contributed by atoms with Gasteiger partial charge < -0.3 is 18.9 Å². The fourth-order valence-corrected chi connectivity index (χ4v) is 4.87. The molecule has 2 heterocycles. The summed E-state index contributed by atoms with van der Waals surface area (Å²) in [6, 6.07) is 8.87. The maximum atomic E-state index is 12.4. The van der Waals surface area contributed by atoms with Crippen LogP contribution in [-0.4, -0.2) is 33.2 Å². The quantitative estimate of drug-likeness (QED) is 0.365. The Bertz CT molecular complexity index is 1230. The number of cyclic esters (lactones) is 1. The van der Waals surface area contributed by atoms with Crippen molar-refractivity contribution in [2.75, 3.05) is 21.3 Å². The van der Waals surface area contributed by atoms with E-state index in [0.29, 0.717) is 37.7 Å². The maximum Gasteiger partial charge on any atom is 0.363 e. The van der Waals surface area contributed by atoms with Crippen molar-refractivity contribution in [3.8, 4) is 17.2 Å². The summed E-state index contributed by atoms with van der Waals surface area (Å²) in [6.07, 6.45) is 1.58. The number of thiophene rings is 1. The number of fused-ring (bicyclic) bond motifs is 1. The highest BCUT2D eigenvalue weighted by Gasteiger charge is 2.29. The number of nitrogens with zero attached hydrogens (tertiary/aromatic N) is 1. The second-order valence-electron chi connectivity index (χ2n) is 6.12. The molecule has 3 aromatic rings. The first kappa shape index (κ1) is 20.5. The molecule has 0 radical (unpaired) electrons. The van der Waals surface area contributed by atoms with Gasteiger partial charge in [-0.2, -0.15) is 0 Å². The van der Waals surface area contributed by atoms with Crippen LogP contribution < -0.4 is 14.2 Å². The summed E-state index contributed by atoms with van der Waals surface area (Å²) in [7, 11) is 4.60. The lowest BCUT2D eigenvalue weighted by Crippen LogP contribution is -2.04. The molecule has 1 aliphatic rings. The molecule has 0 N–H and O–H groups in total. The fourth-order valence-electron chi connectivity index (χ4n) is 3.05. The summed E-state index contributed by atoms with van der Waals surface area (Å²) in [4.78, 5) is 17.3. The van der Waals surface area contributed by atoms with Crippen LogP contribution in [0.4, 0.5) is 0 Å². The summed E-state index contributed by atoms with van der Waals surface area (Å²) in [5.74, 6) is 1.09. The minimum absolute atomic E-state index is 0.119. The third-order valence-electron chi connectivity index (χ3n) is 4.46. The second-order valence-corrected chi connectivity index (χ2v) is 7.90. The average Bonchev–Trinajstić information content (AvgIpc) is 3.28. The normalized spacial score (nSPS) is 14.8. The lowest BCUT2D eigenvalue weighted by atomic mass is 10.1. The van der Waals surface area contributed by atoms with Crippen LogP contribution in [0.3, 0.4) is 0 Å². The Morgan fingerprint density at radius 2 is 1.77 bits per heavy atom. The number of aliphatic imine (C=N–C) groups is 1. The number of carbonyl (C=O) groups excluding carboxylic acids is 1. The van der Waals surface area contributed by atoms with Gasteiger partial charge in [0, 0.05) is 10.9 Å². The van der Waals surface area contributed by atoms with Crippen molar-refractivity contribution in [1.82, 2.24) is 0 Å². The standard InChI is InChI=1S/C21H15Cl2NO5S/c1-26-13-8-7-11-15(22)19(30-18(11)16(13)23)20-24-12(21(25)29-20)9-10-5-4-6-14(27-2)17(10)28-3/h4-9H,1-3H3/b12-9-. The number of esters is 1. The van der Waals surface area contributed by atoms with Crippen molar-refractivity contribution in [2.24, 2.45) is 4.99 Å². The summed E-state index contributed by atoms with van der Waals surface area (Å²) in [5.41, 5.74) is 0.748. The number of carbonyl (C=O) groups is 1. The fraction of sp³-hybridized carbons (Fsp3) is 0.143. The van der Waals surface area contributed by atoms with Crippen LogP contribution in [0.15, 0.2) is 41.0 Å². The summed E-state index contributed by atoms with van der Waals surface area (Å²) < 4.78 is 22.1. The van der Waals surface area contributed by atoms with Gasteiger partial charge in [0.15, 0.2) is 17.2 Å². The van der Waals surface area contributed by atoms with Gasteiger partial charge >= 0.3 is 5.97 Å². The van der Waals surface area contributed by atoms with Gasteiger partial charge in [-0.25, -0.2) is 9.79 Å². The number of ether oxygens (including phenoxy) is 4. The first-order valence-electron chi connectivity index (χ1n) is 8.66. The Morgan fingerprint density at radius 1 is 1.00 bits per heavy atom. The molecular weight excluding hydrogens is 449 g/mol. The zero-order valence-electron chi connectivity index (χ0n) is 16.1. The molecule has 0 atom stereocenters. The summed E-state index contributed by atoms with van der Waals surface area (Å²) in [6.45, 7) is 0. The number of rotatable bonds is 5.